The third-order valence-electron chi connectivity index (χ3n) is 3.58. The van der Waals surface area contributed by atoms with Crippen LogP contribution in [0.2, 0.25) is 0 Å². The number of nitrogens with zero attached hydrogens (tertiary/aromatic N) is 3. The van der Waals surface area contributed by atoms with Crippen molar-refractivity contribution < 1.29 is 14.3 Å². The van der Waals surface area contributed by atoms with Crippen molar-refractivity contribution in [1.29, 1.82) is 0 Å². The van der Waals surface area contributed by atoms with Crippen molar-refractivity contribution >= 4 is 17.7 Å². The normalized spacial score (nSPS) is 10.9. The average molecular weight is 378 g/mol. The third kappa shape index (κ3) is 5.94. The molecule has 0 atom stereocenters. The van der Waals surface area contributed by atoms with Gasteiger partial charge in [-0.05, 0) is 18.1 Å². The Morgan fingerprint density at radius 2 is 2.00 bits per heavy atom. The summed E-state index contributed by atoms with van der Waals surface area (Å²) in [6.07, 6.45) is 0.783. The lowest BCUT2D eigenvalue weighted by molar-refractivity contribution is -0.118. The average Bonchev–Trinajstić information content (AvgIpc) is 2.98. The Labute approximate surface area is 158 Å². The lowest BCUT2D eigenvalue weighted by Gasteiger charge is -2.13. The first-order chi connectivity index (χ1) is 12.5. The summed E-state index contributed by atoms with van der Waals surface area (Å²) in [6.45, 7) is 5.60. The standard InChI is InChI=1S/C18H26N4O3S/c1-13(2)12-22-17(9-8-16(19)23)20-21-18(22)26-11-10-25-15-7-5-4-6-14(15)24-3/h4-7,13H,8-12H2,1-3H3,(H2,19,23). The van der Waals surface area contributed by atoms with E-state index in [0.29, 0.717) is 24.7 Å². The van der Waals surface area contributed by atoms with Crippen LogP contribution in [0.3, 0.4) is 0 Å². The molecule has 1 aromatic carbocycles. The quantitative estimate of drug-likeness (QED) is 0.477. The predicted octanol–water partition coefficient (Wildman–Crippen LogP) is 2.53. The molecule has 2 rings (SSSR count). The lowest BCUT2D eigenvalue weighted by Crippen LogP contribution is -2.15. The van der Waals surface area contributed by atoms with Gasteiger partial charge in [-0.25, -0.2) is 0 Å². The number of hydrogen-bond acceptors (Lipinski definition) is 6. The molecule has 142 valence electrons. The number of aromatic nitrogens is 3. The minimum absolute atomic E-state index is 0.276. The zero-order valence-corrected chi connectivity index (χ0v) is 16.3. The van der Waals surface area contributed by atoms with Crippen LogP contribution in [-0.4, -0.2) is 40.1 Å². The fourth-order valence-electron chi connectivity index (χ4n) is 2.42. The van der Waals surface area contributed by atoms with Crippen LogP contribution in [-0.2, 0) is 17.8 Å². The molecule has 7 nitrogen and oxygen atoms in total. The van der Waals surface area contributed by atoms with E-state index in [1.807, 2.05) is 24.3 Å². The number of primary amides is 1. The van der Waals surface area contributed by atoms with Crippen LogP contribution < -0.4 is 15.2 Å². The van der Waals surface area contributed by atoms with E-state index in [-0.39, 0.29) is 12.3 Å². The number of rotatable bonds is 11. The number of carbonyl (C=O) groups is 1. The number of hydrogen-bond donors (Lipinski definition) is 1. The maximum absolute atomic E-state index is 11.0. The number of benzene rings is 1. The molecule has 0 spiro atoms. The number of carbonyl (C=O) groups excluding carboxylic acids is 1. The van der Waals surface area contributed by atoms with Crippen molar-refractivity contribution in [2.24, 2.45) is 11.7 Å². The van der Waals surface area contributed by atoms with Gasteiger partial charge in [-0.3, -0.25) is 4.79 Å². The number of ether oxygens (including phenoxy) is 2. The molecule has 0 aliphatic rings. The second kappa shape index (κ2) is 10.1. The van der Waals surface area contributed by atoms with E-state index in [1.165, 1.54) is 0 Å². The maximum atomic E-state index is 11.0. The monoisotopic (exact) mass is 378 g/mol. The van der Waals surface area contributed by atoms with Gasteiger partial charge in [-0.15, -0.1) is 10.2 Å². The Kier molecular flexibility index (Phi) is 7.77. The molecule has 1 heterocycles. The fourth-order valence-corrected chi connectivity index (χ4v) is 3.20. The number of methoxy groups -OCH3 is 1. The highest BCUT2D eigenvalue weighted by Crippen LogP contribution is 2.26. The second-order valence-electron chi connectivity index (χ2n) is 6.22. The lowest BCUT2D eigenvalue weighted by atomic mass is 10.2. The predicted molar refractivity (Wildman–Crippen MR) is 102 cm³/mol. The van der Waals surface area contributed by atoms with Gasteiger partial charge >= 0.3 is 0 Å². The molecule has 0 fully saturated rings. The van der Waals surface area contributed by atoms with Gasteiger partial charge in [0, 0.05) is 25.1 Å². The van der Waals surface area contributed by atoms with Crippen LogP contribution in [0.25, 0.3) is 0 Å². The molecule has 0 saturated heterocycles. The molecule has 8 heteroatoms. The first-order valence-electron chi connectivity index (χ1n) is 8.60. The van der Waals surface area contributed by atoms with Gasteiger partial charge in [0.15, 0.2) is 16.7 Å². The van der Waals surface area contributed by atoms with Crippen LogP contribution in [0.5, 0.6) is 11.5 Å². The van der Waals surface area contributed by atoms with Crippen LogP contribution in [0, 0.1) is 5.92 Å². The number of amides is 1. The van der Waals surface area contributed by atoms with Gasteiger partial charge in [0.25, 0.3) is 0 Å². The number of aryl methyl sites for hydroxylation is 1. The zero-order chi connectivity index (χ0) is 18.9. The van der Waals surface area contributed by atoms with Crippen LogP contribution in [0.15, 0.2) is 29.4 Å². The van der Waals surface area contributed by atoms with E-state index in [2.05, 4.69) is 28.6 Å². The SMILES string of the molecule is COc1ccccc1OCCSc1nnc(CCC(N)=O)n1CC(C)C. The van der Waals surface area contributed by atoms with Crippen LogP contribution in [0.4, 0.5) is 0 Å². The minimum atomic E-state index is -0.330. The van der Waals surface area contributed by atoms with Gasteiger partial charge in [0.1, 0.15) is 5.82 Å². The Balaban J connectivity index is 1.94. The molecule has 0 aliphatic carbocycles. The van der Waals surface area contributed by atoms with Crippen molar-refractivity contribution in [2.45, 2.75) is 38.4 Å². The Morgan fingerprint density at radius 3 is 2.65 bits per heavy atom. The summed E-state index contributed by atoms with van der Waals surface area (Å²) in [4.78, 5) is 11.0. The fraction of sp³-hybridized carbons (Fsp3) is 0.500. The molecule has 2 N–H and O–H groups in total. The highest BCUT2D eigenvalue weighted by atomic mass is 32.2. The highest BCUT2D eigenvalue weighted by Gasteiger charge is 2.14. The minimum Gasteiger partial charge on any atom is -0.493 e. The van der Waals surface area contributed by atoms with Crippen molar-refractivity contribution in [3.8, 4) is 11.5 Å². The second-order valence-corrected chi connectivity index (χ2v) is 7.28. The number of nitrogens with two attached hydrogens (primary N) is 1. The Hall–Kier alpha value is -2.22. The Morgan fingerprint density at radius 1 is 1.27 bits per heavy atom. The van der Waals surface area contributed by atoms with Crippen molar-refractivity contribution in [1.82, 2.24) is 14.8 Å². The van der Waals surface area contributed by atoms with E-state index in [0.717, 1.165) is 29.0 Å². The summed E-state index contributed by atoms with van der Waals surface area (Å²) >= 11 is 1.58. The van der Waals surface area contributed by atoms with Crippen molar-refractivity contribution in [3.63, 3.8) is 0 Å². The molecular weight excluding hydrogens is 352 g/mol. The largest absolute Gasteiger partial charge is 0.493 e. The van der Waals surface area contributed by atoms with E-state index >= 15 is 0 Å². The number of para-hydroxylation sites is 2. The molecule has 0 saturated carbocycles. The molecule has 0 unspecified atom stereocenters. The maximum Gasteiger partial charge on any atom is 0.217 e. The molecule has 2 aromatic rings. The van der Waals surface area contributed by atoms with Crippen molar-refractivity contribution in [3.05, 3.63) is 30.1 Å². The number of thioether (sulfide) groups is 1. The summed E-state index contributed by atoms with van der Waals surface area (Å²) in [5.41, 5.74) is 5.25. The summed E-state index contributed by atoms with van der Waals surface area (Å²) in [7, 11) is 1.62. The third-order valence-corrected chi connectivity index (χ3v) is 4.51. The summed E-state index contributed by atoms with van der Waals surface area (Å²) in [5, 5.41) is 9.33. The molecule has 1 amide bonds. The van der Waals surface area contributed by atoms with Gasteiger partial charge in [-0.1, -0.05) is 37.7 Å². The van der Waals surface area contributed by atoms with E-state index in [1.54, 1.807) is 18.9 Å². The van der Waals surface area contributed by atoms with Crippen LogP contribution >= 0.6 is 11.8 Å². The molecule has 0 radical (unpaired) electrons. The molecule has 0 aliphatic heterocycles. The zero-order valence-electron chi connectivity index (χ0n) is 15.5. The van der Waals surface area contributed by atoms with Crippen molar-refractivity contribution in [2.75, 3.05) is 19.5 Å². The summed E-state index contributed by atoms with van der Waals surface area (Å²) in [6, 6.07) is 7.57. The molecule has 1 aromatic heterocycles. The van der Waals surface area contributed by atoms with E-state index < -0.39 is 0 Å². The highest BCUT2D eigenvalue weighted by molar-refractivity contribution is 7.99. The van der Waals surface area contributed by atoms with Gasteiger partial charge in [0.2, 0.25) is 5.91 Å². The van der Waals surface area contributed by atoms with E-state index in [9.17, 15) is 4.79 Å². The summed E-state index contributed by atoms with van der Waals surface area (Å²) in [5.74, 6) is 3.08. The van der Waals surface area contributed by atoms with Gasteiger partial charge in [0.05, 0.1) is 13.7 Å². The Bertz CT molecular complexity index is 718. The van der Waals surface area contributed by atoms with Crippen LogP contribution in [0.1, 0.15) is 26.1 Å². The topological polar surface area (TPSA) is 92.3 Å². The smallest absolute Gasteiger partial charge is 0.217 e. The van der Waals surface area contributed by atoms with E-state index in [4.69, 9.17) is 15.2 Å². The molecular formula is C18H26N4O3S. The van der Waals surface area contributed by atoms with Gasteiger partial charge < -0.3 is 19.8 Å². The first kappa shape index (κ1) is 20.1. The first-order valence-corrected chi connectivity index (χ1v) is 9.58. The van der Waals surface area contributed by atoms with Gasteiger partial charge in [-0.2, -0.15) is 0 Å². The molecule has 0 bridgehead atoms. The molecule has 26 heavy (non-hydrogen) atoms. The summed E-state index contributed by atoms with van der Waals surface area (Å²) < 4.78 is 13.1.